The maximum atomic E-state index is 11.8. The Morgan fingerprint density at radius 2 is 1.84 bits per heavy atom. The molecule has 0 aliphatic rings. The molecule has 0 aliphatic carbocycles. The fourth-order valence-electron chi connectivity index (χ4n) is 1.47. The highest BCUT2D eigenvalue weighted by atomic mass is 32.1. The zero-order chi connectivity index (χ0) is 13.9. The predicted octanol–water partition coefficient (Wildman–Crippen LogP) is 4.08. The van der Waals surface area contributed by atoms with Gasteiger partial charge in [0.15, 0.2) is 0 Å². The number of carbonyl (C=O) groups is 1. The lowest BCUT2D eigenvalue weighted by Crippen LogP contribution is -2.18. The summed E-state index contributed by atoms with van der Waals surface area (Å²) in [5, 5.41) is 7.31. The molecule has 0 saturated heterocycles. The van der Waals surface area contributed by atoms with Gasteiger partial charge in [-0.3, -0.25) is 5.32 Å². The number of nitrogens with one attached hydrogen (secondary N) is 2. The second-order valence-corrected chi connectivity index (χ2v) is 6.26. The monoisotopic (exact) mass is 275 g/mol. The van der Waals surface area contributed by atoms with E-state index in [0.29, 0.717) is 0 Å². The highest BCUT2D eigenvalue weighted by molar-refractivity contribution is 7.16. The number of nitrogens with zero attached hydrogens (tertiary/aromatic N) is 1. The van der Waals surface area contributed by atoms with E-state index < -0.39 is 0 Å². The molecule has 2 N–H and O–H groups in total. The number of amides is 2. The summed E-state index contributed by atoms with van der Waals surface area (Å²) in [6, 6.07) is 9.08. The molecule has 1 aromatic carbocycles. The number of rotatable bonds is 2. The summed E-state index contributed by atoms with van der Waals surface area (Å²) in [4.78, 5) is 16.1. The summed E-state index contributed by atoms with van der Waals surface area (Å²) in [5.74, 6) is 0. The highest BCUT2D eigenvalue weighted by Gasteiger charge is 2.18. The van der Waals surface area contributed by atoms with Crippen LogP contribution in [0.15, 0.2) is 36.5 Å². The van der Waals surface area contributed by atoms with Crippen LogP contribution in [0.5, 0.6) is 0 Å². The molecule has 0 unspecified atom stereocenters. The number of hydrogen-bond donors (Lipinski definition) is 2. The summed E-state index contributed by atoms with van der Waals surface area (Å²) in [6.07, 6.45) is 1.69. The molecular formula is C14H17N3OS. The number of aromatic nitrogens is 1. The van der Waals surface area contributed by atoms with Crippen molar-refractivity contribution in [3.63, 3.8) is 0 Å². The fourth-order valence-corrected chi connectivity index (χ4v) is 2.34. The second-order valence-electron chi connectivity index (χ2n) is 5.22. The van der Waals surface area contributed by atoms with Crippen LogP contribution in [0.25, 0.3) is 0 Å². The first-order chi connectivity index (χ1) is 8.95. The number of benzene rings is 1. The lowest BCUT2D eigenvalue weighted by atomic mass is 9.98. The van der Waals surface area contributed by atoms with Gasteiger partial charge in [0.25, 0.3) is 0 Å². The van der Waals surface area contributed by atoms with Crippen LogP contribution in [0, 0.1) is 0 Å². The Hall–Kier alpha value is -1.88. The number of hydrogen-bond acceptors (Lipinski definition) is 3. The Morgan fingerprint density at radius 1 is 1.16 bits per heavy atom. The van der Waals surface area contributed by atoms with Gasteiger partial charge in [-0.1, -0.05) is 39.0 Å². The molecule has 100 valence electrons. The zero-order valence-electron chi connectivity index (χ0n) is 11.2. The average molecular weight is 275 g/mol. The molecule has 2 amide bonds. The topological polar surface area (TPSA) is 54.0 Å². The van der Waals surface area contributed by atoms with Gasteiger partial charge in [-0.15, -0.1) is 11.3 Å². The molecule has 0 saturated carbocycles. The first kappa shape index (κ1) is 13.5. The molecule has 19 heavy (non-hydrogen) atoms. The number of anilines is 2. The normalized spacial score (nSPS) is 11.1. The Kier molecular flexibility index (Phi) is 3.85. The Bertz CT molecular complexity index is 558. The molecule has 1 aromatic heterocycles. The van der Waals surface area contributed by atoms with Gasteiger partial charge in [0.05, 0.1) is 11.2 Å². The van der Waals surface area contributed by atoms with E-state index in [9.17, 15) is 4.79 Å². The quantitative estimate of drug-likeness (QED) is 0.867. The van der Waals surface area contributed by atoms with Crippen LogP contribution >= 0.6 is 11.3 Å². The molecule has 2 aromatic rings. The summed E-state index contributed by atoms with van der Waals surface area (Å²) in [7, 11) is 0. The van der Waals surface area contributed by atoms with Crippen LogP contribution in [0.3, 0.4) is 0 Å². The molecule has 0 aliphatic heterocycles. The van der Waals surface area contributed by atoms with E-state index in [1.54, 1.807) is 6.20 Å². The average Bonchev–Trinajstić information content (AvgIpc) is 2.78. The summed E-state index contributed by atoms with van der Waals surface area (Å²) < 4.78 is 0. The van der Waals surface area contributed by atoms with Crippen molar-refractivity contribution >= 4 is 28.1 Å². The van der Waals surface area contributed by atoms with Crippen LogP contribution in [0.2, 0.25) is 0 Å². The summed E-state index contributed by atoms with van der Waals surface area (Å²) in [5.41, 5.74) is 0.765. The first-order valence-corrected chi connectivity index (χ1v) is 6.86. The van der Waals surface area contributed by atoms with Crippen LogP contribution in [0.4, 0.5) is 15.5 Å². The predicted molar refractivity (Wildman–Crippen MR) is 79.9 cm³/mol. The number of urea groups is 1. The van der Waals surface area contributed by atoms with E-state index in [-0.39, 0.29) is 11.4 Å². The fraction of sp³-hybridized carbons (Fsp3) is 0.286. The molecule has 0 radical (unpaired) electrons. The van der Waals surface area contributed by atoms with Crippen molar-refractivity contribution in [2.45, 2.75) is 26.2 Å². The van der Waals surface area contributed by atoms with Crippen molar-refractivity contribution in [1.82, 2.24) is 4.98 Å². The lowest BCUT2D eigenvalue weighted by Gasteiger charge is -2.13. The number of thiazole rings is 1. The molecule has 0 bridgehead atoms. The smallest absolute Gasteiger partial charge is 0.308 e. The summed E-state index contributed by atoms with van der Waals surface area (Å²) >= 11 is 1.50. The molecule has 5 heteroatoms. The van der Waals surface area contributed by atoms with E-state index in [1.165, 1.54) is 11.3 Å². The van der Waals surface area contributed by atoms with Crippen LogP contribution < -0.4 is 10.6 Å². The maximum Gasteiger partial charge on any atom is 0.324 e. The van der Waals surface area contributed by atoms with E-state index in [2.05, 4.69) is 36.4 Å². The molecule has 4 nitrogen and oxygen atoms in total. The maximum absolute atomic E-state index is 11.8. The molecule has 0 atom stereocenters. The highest BCUT2D eigenvalue weighted by Crippen LogP contribution is 2.29. The SMILES string of the molecule is CC(C)(C)c1ncc(NC(=O)Nc2ccccc2)s1. The number of para-hydroxylation sites is 1. The second kappa shape index (κ2) is 5.40. The van der Waals surface area contributed by atoms with Crippen molar-refractivity contribution in [2.75, 3.05) is 10.6 Å². The van der Waals surface area contributed by atoms with Gasteiger partial charge in [0.1, 0.15) is 5.00 Å². The van der Waals surface area contributed by atoms with Gasteiger partial charge in [-0.05, 0) is 12.1 Å². The standard InChI is InChI=1S/C14H17N3OS/c1-14(2,3)12-15-9-11(19-12)17-13(18)16-10-7-5-4-6-8-10/h4-9H,1-3H3,(H2,16,17,18). The third-order valence-electron chi connectivity index (χ3n) is 2.42. The Balaban J connectivity index is 1.98. The van der Waals surface area contributed by atoms with Crippen LogP contribution in [-0.2, 0) is 5.41 Å². The van der Waals surface area contributed by atoms with Gasteiger partial charge < -0.3 is 5.32 Å². The van der Waals surface area contributed by atoms with Gasteiger partial charge in [-0.2, -0.15) is 0 Å². The zero-order valence-corrected chi connectivity index (χ0v) is 12.0. The van der Waals surface area contributed by atoms with Crippen LogP contribution in [0.1, 0.15) is 25.8 Å². The number of carbonyl (C=O) groups excluding carboxylic acids is 1. The molecule has 1 heterocycles. The third kappa shape index (κ3) is 3.79. The van der Waals surface area contributed by atoms with Crippen molar-refractivity contribution < 1.29 is 4.79 Å². The van der Waals surface area contributed by atoms with Crippen molar-refractivity contribution in [2.24, 2.45) is 0 Å². The lowest BCUT2D eigenvalue weighted by molar-refractivity contribution is 0.262. The van der Waals surface area contributed by atoms with Crippen molar-refractivity contribution in [3.05, 3.63) is 41.5 Å². The molecule has 0 fully saturated rings. The molecular weight excluding hydrogens is 258 g/mol. The molecule has 2 rings (SSSR count). The van der Waals surface area contributed by atoms with Crippen molar-refractivity contribution in [3.8, 4) is 0 Å². The van der Waals surface area contributed by atoms with Crippen LogP contribution in [-0.4, -0.2) is 11.0 Å². The van der Waals surface area contributed by atoms with E-state index in [1.807, 2.05) is 30.3 Å². The van der Waals surface area contributed by atoms with Gasteiger partial charge >= 0.3 is 6.03 Å². The third-order valence-corrected chi connectivity index (χ3v) is 3.75. The van der Waals surface area contributed by atoms with E-state index in [4.69, 9.17) is 0 Å². The largest absolute Gasteiger partial charge is 0.324 e. The van der Waals surface area contributed by atoms with Crippen molar-refractivity contribution in [1.29, 1.82) is 0 Å². The van der Waals surface area contributed by atoms with Gasteiger partial charge in [-0.25, -0.2) is 9.78 Å². The van der Waals surface area contributed by atoms with Gasteiger partial charge in [0, 0.05) is 11.1 Å². The first-order valence-electron chi connectivity index (χ1n) is 6.04. The molecule has 0 spiro atoms. The van der Waals surface area contributed by atoms with E-state index in [0.717, 1.165) is 15.7 Å². The minimum atomic E-state index is -0.254. The minimum Gasteiger partial charge on any atom is -0.308 e. The van der Waals surface area contributed by atoms with Gasteiger partial charge in [0.2, 0.25) is 0 Å². The Morgan fingerprint density at radius 3 is 2.42 bits per heavy atom. The summed E-state index contributed by atoms with van der Waals surface area (Å²) in [6.45, 7) is 6.29. The minimum absolute atomic E-state index is 0.000499. The Labute approximate surface area is 116 Å². The van der Waals surface area contributed by atoms with E-state index >= 15 is 0 Å².